The summed E-state index contributed by atoms with van der Waals surface area (Å²) in [6.07, 6.45) is 7.82. The Hall–Kier alpha value is -1.97. The number of rotatable bonds is 8. The van der Waals surface area contributed by atoms with Crippen LogP contribution in [0.2, 0.25) is 0 Å². The third-order valence-corrected chi connectivity index (χ3v) is 3.88. The van der Waals surface area contributed by atoms with Gasteiger partial charge in [0.1, 0.15) is 0 Å². The molecule has 4 heteroatoms. The molecule has 0 fully saturated rings. The van der Waals surface area contributed by atoms with Crippen LogP contribution in [-0.4, -0.2) is 18.7 Å². The van der Waals surface area contributed by atoms with Crippen molar-refractivity contribution in [3.05, 3.63) is 23.9 Å². The lowest BCUT2D eigenvalue weighted by Gasteiger charge is -2.16. The molecule has 0 radical (unpaired) electrons. The molecule has 0 aliphatic carbocycles. The van der Waals surface area contributed by atoms with E-state index in [2.05, 4.69) is 11.9 Å². The van der Waals surface area contributed by atoms with Crippen LogP contribution in [0.25, 0.3) is 10.9 Å². The molecule has 2 N–H and O–H groups in total. The summed E-state index contributed by atoms with van der Waals surface area (Å²) >= 11 is 0. The lowest BCUT2D eigenvalue weighted by Crippen LogP contribution is -2.03. The van der Waals surface area contributed by atoms with Crippen molar-refractivity contribution in [3.8, 4) is 11.5 Å². The van der Waals surface area contributed by atoms with Gasteiger partial charge in [-0.1, -0.05) is 32.6 Å². The summed E-state index contributed by atoms with van der Waals surface area (Å²) in [5.74, 6) is 1.43. The maximum Gasteiger partial charge on any atom is 0.170 e. The van der Waals surface area contributed by atoms with Gasteiger partial charge in [0.2, 0.25) is 0 Å². The Morgan fingerprint density at radius 2 is 1.95 bits per heavy atom. The summed E-state index contributed by atoms with van der Waals surface area (Å²) < 4.78 is 11.5. The third-order valence-electron chi connectivity index (χ3n) is 3.88. The SMILES string of the molecule is CCCCCCCOc1c(OC)cc(N)c2nccc(C)c12. The molecule has 0 atom stereocenters. The second-order valence-electron chi connectivity index (χ2n) is 5.61. The predicted octanol–water partition coefficient (Wildman–Crippen LogP) is 4.48. The van der Waals surface area contributed by atoms with Crippen LogP contribution in [-0.2, 0) is 0 Å². The van der Waals surface area contributed by atoms with Crippen LogP contribution in [0.3, 0.4) is 0 Å². The fourth-order valence-corrected chi connectivity index (χ4v) is 2.64. The molecule has 0 aliphatic heterocycles. The van der Waals surface area contributed by atoms with E-state index in [0.717, 1.165) is 28.6 Å². The molecule has 1 aromatic carbocycles. The van der Waals surface area contributed by atoms with Gasteiger partial charge in [0.05, 0.1) is 30.3 Å². The Bertz CT molecular complexity index is 626. The monoisotopic (exact) mass is 302 g/mol. The lowest BCUT2D eigenvalue weighted by molar-refractivity contribution is 0.288. The van der Waals surface area contributed by atoms with E-state index < -0.39 is 0 Å². The van der Waals surface area contributed by atoms with Gasteiger partial charge in [-0.25, -0.2) is 0 Å². The molecular weight excluding hydrogens is 276 g/mol. The molecule has 0 spiro atoms. The van der Waals surface area contributed by atoms with E-state index in [9.17, 15) is 0 Å². The van der Waals surface area contributed by atoms with Crippen molar-refractivity contribution in [1.82, 2.24) is 4.98 Å². The Balaban J connectivity index is 2.21. The highest BCUT2D eigenvalue weighted by atomic mass is 16.5. The molecule has 120 valence electrons. The number of methoxy groups -OCH3 is 1. The average Bonchev–Trinajstić information content (AvgIpc) is 2.52. The molecule has 22 heavy (non-hydrogen) atoms. The summed E-state index contributed by atoms with van der Waals surface area (Å²) in [5, 5.41) is 0.952. The minimum absolute atomic E-state index is 0.617. The number of benzene rings is 1. The number of aryl methyl sites for hydroxylation is 1. The Kier molecular flexibility index (Phi) is 5.87. The first-order valence-corrected chi connectivity index (χ1v) is 8.03. The van der Waals surface area contributed by atoms with Crippen molar-refractivity contribution in [2.45, 2.75) is 46.0 Å². The number of aromatic nitrogens is 1. The Morgan fingerprint density at radius 1 is 1.18 bits per heavy atom. The zero-order valence-electron chi connectivity index (χ0n) is 13.8. The number of hydrogen-bond acceptors (Lipinski definition) is 4. The molecule has 0 aliphatic rings. The second-order valence-corrected chi connectivity index (χ2v) is 5.61. The maximum absolute atomic E-state index is 6.08. The summed E-state index contributed by atoms with van der Waals surface area (Å²) in [5.41, 5.74) is 8.57. The standard InChI is InChI=1S/C18H26N2O2/c1-4-5-6-7-8-11-22-18-15(21-3)12-14(19)17-16(18)13(2)9-10-20-17/h9-10,12H,4-8,11,19H2,1-3H3. The average molecular weight is 302 g/mol. The first-order valence-electron chi connectivity index (χ1n) is 8.03. The third kappa shape index (κ3) is 3.62. The fourth-order valence-electron chi connectivity index (χ4n) is 2.64. The van der Waals surface area contributed by atoms with Crippen molar-refractivity contribution in [2.75, 3.05) is 19.5 Å². The minimum atomic E-state index is 0.617. The number of nitrogens with zero attached hydrogens (tertiary/aromatic N) is 1. The highest BCUT2D eigenvalue weighted by Crippen LogP contribution is 2.40. The van der Waals surface area contributed by atoms with E-state index in [-0.39, 0.29) is 0 Å². The predicted molar refractivity (Wildman–Crippen MR) is 91.7 cm³/mol. The van der Waals surface area contributed by atoms with Crippen molar-refractivity contribution in [1.29, 1.82) is 0 Å². The van der Waals surface area contributed by atoms with Crippen molar-refractivity contribution in [3.63, 3.8) is 0 Å². The zero-order valence-corrected chi connectivity index (χ0v) is 13.8. The molecule has 2 rings (SSSR count). The van der Waals surface area contributed by atoms with Gasteiger partial charge in [-0.15, -0.1) is 0 Å². The van der Waals surface area contributed by atoms with E-state index in [0.29, 0.717) is 18.0 Å². The van der Waals surface area contributed by atoms with Gasteiger partial charge >= 0.3 is 0 Å². The lowest BCUT2D eigenvalue weighted by atomic mass is 10.1. The molecule has 2 aromatic rings. The van der Waals surface area contributed by atoms with Gasteiger partial charge in [-0.2, -0.15) is 0 Å². The van der Waals surface area contributed by atoms with Crippen molar-refractivity contribution >= 4 is 16.6 Å². The van der Waals surface area contributed by atoms with Gasteiger partial charge in [-0.05, 0) is 25.0 Å². The van der Waals surface area contributed by atoms with E-state index in [4.69, 9.17) is 15.2 Å². The van der Waals surface area contributed by atoms with Crippen LogP contribution in [0.15, 0.2) is 18.3 Å². The highest BCUT2D eigenvalue weighted by molar-refractivity contribution is 5.98. The molecule has 0 saturated carbocycles. The van der Waals surface area contributed by atoms with Crippen LogP contribution in [0.1, 0.15) is 44.6 Å². The van der Waals surface area contributed by atoms with Crippen molar-refractivity contribution < 1.29 is 9.47 Å². The molecule has 0 saturated heterocycles. The maximum atomic E-state index is 6.08. The summed E-state index contributed by atoms with van der Waals surface area (Å²) in [7, 11) is 1.64. The van der Waals surface area contributed by atoms with E-state index in [1.54, 1.807) is 19.4 Å². The number of unbranched alkanes of at least 4 members (excludes halogenated alkanes) is 4. The summed E-state index contributed by atoms with van der Waals surface area (Å²) in [6, 6.07) is 3.76. The Labute approximate surface area is 132 Å². The minimum Gasteiger partial charge on any atom is -0.493 e. The molecule has 1 heterocycles. The smallest absolute Gasteiger partial charge is 0.170 e. The number of nitrogens with two attached hydrogens (primary N) is 1. The molecule has 0 unspecified atom stereocenters. The van der Waals surface area contributed by atoms with Gasteiger partial charge in [0, 0.05) is 12.3 Å². The van der Waals surface area contributed by atoms with Gasteiger partial charge in [-0.3, -0.25) is 4.98 Å². The van der Waals surface area contributed by atoms with E-state index in [1.165, 1.54) is 25.7 Å². The van der Waals surface area contributed by atoms with Crippen molar-refractivity contribution in [2.24, 2.45) is 0 Å². The van der Waals surface area contributed by atoms with Crippen LogP contribution in [0.5, 0.6) is 11.5 Å². The summed E-state index contributed by atoms with van der Waals surface area (Å²) in [4.78, 5) is 4.39. The first kappa shape index (κ1) is 16.4. The number of hydrogen-bond donors (Lipinski definition) is 1. The highest BCUT2D eigenvalue weighted by Gasteiger charge is 2.15. The quantitative estimate of drug-likeness (QED) is 0.577. The topological polar surface area (TPSA) is 57.4 Å². The number of anilines is 1. The number of pyridine rings is 1. The summed E-state index contributed by atoms with van der Waals surface area (Å²) in [6.45, 7) is 4.95. The van der Waals surface area contributed by atoms with Gasteiger partial charge < -0.3 is 15.2 Å². The number of ether oxygens (including phenoxy) is 2. The first-order chi connectivity index (χ1) is 10.7. The van der Waals surface area contributed by atoms with Crippen LogP contribution in [0.4, 0.5) is 5.69 Å². The van der Waals surface area contributed by atoms with E-state index in [1.807, 2.05) is 13.0 Å². The number of nitrogen functional groups attached to an aromatic ring is 1. The molecular formula is C18H26N2O2. The molecule has 0 bridgehead atoms. The van der Waals surface area contributed by atoms with Crippen LogP contribution in [0, 0.1) is 6.92 Å². The number of fused-ring (bicyclic) bond motifs is 1. The van der Waals surface area contributed by atoms with Gasteiger partial charge in [0.15, 0.2) is 11.5 Å². The van der Waals surface area contributed by atoms with Crippen LogP contribution >= 0.6 is 0 Å². The largest absolute Gasteiger partial charge is 0.493 e. The molecule has 1 aromatic heterocycles. The second kappa shape index (κ2) is 7.87. The fraction of sp³-hybridized carbons (Fsp3) is 0.500. The Morgan fingerprint density at radius 3 is 2.68 bits per heavy atom. The molecule has 0 amide bonds. The van der Waals surface area contributed by atoms with E-state index >= 15 is 0 Å². The molecule has 4 nitrogen and oxygen atoms in total. The van der Waals surface area contributed by atoms with Crippen LogP contribution < -0.4 is 15.2 Å². The normalized spacial score (nSPS) is 10.9. The zero-order chi connectivity index (χ0) is 15.9. The van der Waals surface area contributed by atoms with Gasteiger partial charge in [0.25, 0.3) is 0 Å².